The van der Waals surface area contributed by atoms with E-state index in [0.29, 0.717) is 0 Å². The summed E-state index contributed by atoms with van der Waals surface area (Å²) in [6.45, 7) is 7.01. The van der Waals surface area contributed by atoms with Gasteiger partial charge in [-0.05, 0) is 38.6 Å². The van der Waals surface area contributed by atoms with Gasteiger partial charge >= 0.3 is 0 Å². The van der Waals surface area contributed by atoms with E-state index in [1.807, 2.05) is 0 Å². The highest BCUT2D eigenvalue weighted by molar-refractivity contribution is 8.00. The Morgan fingerprint density at radius 1 is 1.33 bits per heavy atom. The zero-order chi connectivity index (χ0) is 11.3. The molecule has 1 aliphatic rings. The first-order chi connectivity index (χ1) is 7.21. The van der Waals surface area contributed by atoms with E-state index in [1.54, 1.807) is 0 Å². The van der Waals surface area contributed by atoms with Crippen LogP contribution in [-0.4, -0.2) is 23.6 Å². The topological polar surface area (TPSA) is 12.0 Å². The predicted octanol–water partition coefficient (Wildman–Crippen LogP) is 3.68. The quantitative estimate of drug-likeness (QED) is 0.772. The molecule has 0 amide bonds. The highest BCUT2D eigenvalue weighted by atomic mass is 32.2. The van der Waals surface area contributed by atoms with Crippen LogP contribution < -0.4 is 5.32 Å². The van der Waals surface area contributed by atoms with Gasteiger partial charge in [0, 0.05) is 16.5 Å². The van der Waals surface area contributed by atoms with Gasteiger partial charge in [0.05, 0.1) is 0 Å². The van der Waals surface area contributed by atoms with Gasteiger partial charge in [0.25, 0.3) is 0 Å². The van der Waals surface area contributed by atoms with Crippen molar-refractivity contribution in [1.82, 2.24) is 5.32 Å². The van der Waals surface area contributed by atoms with E-state index in [2.05, 4.69) is 44.9 Å². The molecule has 0 radical (unpaired) electrons. The SMILES string of the molecule is CCC1CCC(NC)C(SC(C)CC)C1. The lowest BCUT2D eigenvalue weighted by molar-refractivity contribution is 0.304. The second kappa shape index (κ2) is 6.80. The Morgan fingerprint density at radius 2 is 2.07 bits per heavy atom. The fourth-order valence-corrected chi connectivity index (χ4v) is 4.09. The summed E-state index contributed by atoms with van der Waals surface area (Å²) in [5, 5.41) is 5.18. The maximum Gasteiger partial charge on any atom is 0.0206 e. The van der Waals surface area contributed by atoms with Gasteiger partial charge in [-0.15, -0.1) is 0 Å². The predicted molar refractivity (Wildman–Crippen MR) is 71.6 cm³/mol. The molecule has 1 rings (SSSR count). The average Bonchev–Trinajstić information content (AvgIpc) is 2.28. The van der Waals surface area contributed by atoms with E-state index < -0.39 is 0 Å². The summed E-state index contributed by atoms with van der Waals surface area (Å²) < 4.78 is 0. The first-order valence-corrected chi connectivity index (χ1v) is 7.48. The number of rotatable bonds is 5. The van der Waals surface area contributed by atoms with Crippen molar-refractivity contribution in [3.63, 3.8) is 0 Å². The molecule has 1 saturated carbocycles. The average molecular weight is 229 g/mol. The lowest BCUT2D eigenvalue weighted by atomic mass is 9.84. The minimum Gasteiger partial charge on any atom is -0.316 e. The molecular formula is C13H27NS. The summed E-state index contributed by atoms with van der Waals surface area (Å²) >= 11 is 2.21. The molecule has 0 aromatic carbocycles. The van der Waals surface area contributed by atoms with Gasteiger partial charge in [-0.25, -0.2) is 0 Å². The van der Waals surface area contributed by atoms with Crippen LogP contribution in [0, 0.1) is 5.92 Å². The lowest BCUT2D eigenvalue weighted by Crippen LogP contribution is -2.41. The van der Waals surface area contributed by atoms with E-state index in [9.17, 15) is 0 Å². The van der Waals surface area contributed by atoms with Crippen LogP contribution in [0.25, 0.3) is 0 Å². The van der Waals surface area contributed by atoms with Crippen LogP contribution in [0.1, 0.15) is 52.9 Å². The fraction of sp³-hybridized carbons (Fsp3) is 1.00. The van der Waals surface area contributed by atoms with E-state index >= 15 is 0 Å². The van der Waals surface area contributed by atoms with Gasteiger partial charge in [-0.3, -0.25) is 0 Å². The number of hydrogen-bond acceptors (Lipinski definition) is 2. The summed E-state index contributed by atoms with van der Waals surface area (Å²) in [7, 11) is 2.13. The van der Waals surface area contributed by atoms with Gasteiger partial charge in [-0.1, -0.05) is 27.2 Å². The molecule has 2 heteroatoms. The van der Waals surface area contributed by atoms with Gasteiger partial charge in [0.2, 0.25) is 0 Å². The Hall–Kier alpha value is 0.310. The molecule has 0 bridgehead atoms. The summed E-state index contributed by atoms with van der Waals surface area (Å²) in [5.41, 5.74) is 0. The van der Waals surface area contributed by atoms with Crippen LogP contribution in [0.5, 0.6) is 0 Å². The van der Waals surface area contributed by atoms with E-state index in [-0.39, 0.29) is 0 Å². The second-order valence-electron chi connectivity index (χ2n) is 4.88. The molecule has 90 valence electrons. The molecule has 1 nitrogen and oxygen atoms in total. The van der Waals surface area contributed by atoms with Crippen molar-refractivity contribution in [1.29, 1.82) is 0 Å². The monoisotopic (exact) mass is 229 g/mol. The highest BCUT2D eigenvalue weighted by Gasteiger charge is 2.29. The summed E-state index contributed by atoms with van der Waals surface area (Å²) in [5.74, 6) is 0.983. The summed E-state index contributed by atoms with van der Waals surface area (Å²) in [6.07, 6.45) is 6.90. The third-order valence-corrected chi connectivity index (χ3v) is 5.50. The Balaban J connectivity index is 2.47. The van der Waals surface area contributed by atoms with Crippen molar-refractivity contribution in [3.8, 4) is 0 Å². The molecule has 0 spiro atoms. The molecule has 0 aliphatic heterocycles. The maximum absolute atomic E-state index is 3.51. The second-order valence-corrected chi connectivity index (χ2v) is 6.56. The summed E-state index contributed by atoms with van der Waals surface area (Å²) in [6, 6.07) is 0.756. The number of nitrogens with one attached hydrogen (secondary N) is 1. The van der Waals surface area contributed by atoms with Crippen LogP contribution in [0.15, 0.2) is 0 Å². The molecule has 1 fully saturated rings. The van der Waals surface area contributed by atoms with Gasteiger partial charge in [-0.2, -0.15) is 11.8 Å². The Kier molecular flexibility index (Phi) is 6.06. The molecule has 0 aromatic heterocycles. The van der Waals surface area contributed by atoms with Crippen molar-refractivity contribution in [2.75, 3.05) is 7.05 Å². The Morgan fingerprint density at radius 3 is 2.60 bits per heavy atom. The van der Waals surface area contributed by atoms with Crippen LogP contribution in [-0.2, 0) is 0 Å². The molecule has 15 heavy (non-hydrogen) atoms. The Labute approximate surface area is 99.8 Å². The number of thioether (sulfide) groups is 1. The van der Waals surface area contributed by atoms with Crippen molar-refractivity contribution < 1.29 is 0 Å². The molecule has 4 atom stereocenters. The van der Waals surface area contributed by atoms with Crippen LogP contribution in [0.2, 0.25) is 0 Å². The molecule has 1 aliphatic carbocycles. The van der Waals surface area contributed by atoms with Crippen molar-refractivity contribution >= 4 is 11.8 Å². The summed E-state index contributed by atoms with van der Waals surface area (Å²) in [4.78, 5) is 0. The van der Waals surface area contributed by atoms with E-state index in [0.717, 1.165) is 22.5 Å². The lowest BCUT2D eigenvalue weighted by Gasteiger charge is -2.36. The minimum absolute atomic E-state index is 0.756. The zero-order valence-electron chi connectivity index (χ0n) is 10.8. The van der Waals surface area contributed by atoms with Crippen LogP contribution in [0.3, 0.4) is 0 Å². The standard InChI is InChI=1S/C13H27NS/c1-5-10(3)15-13-9-11(6-2)7-8-12(13)14-4/h10-14H,5-9H2,1-4H3. The Bertz CT molecular complexity index is 170. The first-order valence-electron chi connectivity index (χ1n) is 6.53. The highest BCUT2D eigenvalue weighted by Crippen LogP contribution is 2.36. The van der Waals surface area contributed by atoms with E-state index in [4.69, 9.17) is 0 Å². The normalized spacial score (nSPS) is 34.0. The first kappa shape index (κ1) is 13.4. The van der Waals surface area contributed by atoms with Gasteiger partial charge < -0.3 is 5.32 Å². The van der Waals surface area contributed by atoms with E-state index in [1.165, 1.54) is 32.1 Å². The van der Waals surface area contributed by atoms with Crippen molar-refractivity contribution in [2.24, 2.45) is 5.92 Å². The largest absolute Gasteiger partial charge is 0.316 e. The van der Waals surface area contributed by atoms with Crippen LogP contribution in [0.4, 0.5) is 0 Å². The molecule has 4 unspecified atom stereocenters. The fourth-order valence-electron chi connectivity index (χ4n) is 2.46. The zero-order valence-corrected chi connectivity index (χ0v) is 11.6. The van der Waals surface area contributed by atoms with Gasteiger partial charge in [0.1, 0.15) is 0 Å². The molecular weight excluding hydrogens is 202 g/mol. The molecule has 0 aromatic rings. The molecule has 0 saturated heterocycles. The third kappa shape index (κ3) is 3.99. The maximum atomic E-state index is 3.51. The van der Waals surface area contributed by atoms with Crippen molar-refractivity contribution in [3.05, 3.63) is 0 Å². The number of hydrogen-bond donors (Lipinski definition) is 1. The third-order valence-electron chi connectivity index (χ3n) is 3.83. The van der Waals surface area contributed by atoms with Crippen molar-refractivity contribution in [2.45, 2.75) is 69.4 Å². The van der Waals surface area contributed by atoms with Crippen LogP contribution >= 0.6 is 11.8 Å². The van der Waals surface area contributed by atoms with Gasteiger partial charge in [0.15, 0.2) is 0 Å². The molecule has 1 N–H and O–H groups in total. The minimum atomic E-state index is 0.756. The molecule has 0 heterocycles. The smallest absolute Gasteiger partial charge is 0.0206 e.